The van der Waals surface area contributed by atoms with Crippen molar-refractivity contribution in [2.45, 2.75) is 6.54 Å². The van der Waals surface area contributed by atoms with Gasteiger partial charge in [-0.05, 0) is 23.8 Å². The van der Waals surface area contributed by atoms with Crippen molar-refractivity contribution in [2.75, 3.05) is 18.1 Å². The van der Waals surface area contributed by atoms with Crippen LogP contribution in [0.1, 0.15) is 15.2 Å². The number of aromatic nitrogens is 2. The number of carbonyl (C=O) groups is 1. The van der Waals surface area contributed by atoms with Gasteiger partial charge >= 0.3 is 0 Å². The first-order valence-electron chi connectivity index (χ1n) is 8.84. The SMILES string of the molecule is O=C(c1ccc(Cl)s1)N(Cc1cccnc1)c1nc2cc3c(cc2s1)OCCO3. The van der Waals surface area contributed by atoms with Crippen LogP contribution in [0.5, 0.6) is 11.5 Å². The molecule has 0 atom stereocenters. The maximum atomic E-state index is 13.3. The molecular formula is C20H14ClN3O3S2. The van der Waals surface area contributed by atoms with Gasteiger partial charge in [-0.25, -0.2) is 4.98 Å². The Kier molecular flexibility index (Phi) is 4.83. The predicted molar refractivity (Wildman–Crippen MR) is 115 cm³/mol. The van der Waals surface area contributed by atoms with Gasteiger partial charge in [-0.1, -0.05) is 29.0 Å². The number of nitrogens with zero attached hydrogens (tertiary/aromatic N) is 3. The molecule has 29 heavy (non-hydrogen) atoms. The van der Waals surface area contributed by atoms with Gasteiger partial charge in [-0.15, -0.1) is 11.3 Å². The van der Waals surface area contributed by atoms with Crippen molar-refractivity contribution in [1.82, 2.24) is 9.97 Å². The summed E-state index contributed by atoms with van der Waals surface area (Å²) in [7, 11) is 0. The van der Waals surface area contributed by atoms with E-state index in [1.165, 1.54) is 22.7 Å². The number of amides is 1. The highest BCUT2D eigenvalue weighted by Gasteiger charge is 2.24. The summed E-state index contributed by atoms with van der Waals surface area (Å²) in [5.74, 6) is 1.23. The summed E-state index contributed by atoms with van der Waals surface area (Å²) in [5, 5.41) is 0.598. The lowest BCUT2D eigenvalue weighted by atomic mass is 10.2. The normalized spacial score (nSPS) is 12.9. The standard InChI is InChI=1S/C20H14ClN3O3S2/c21-18-4-3-16(28-18)19(25)24(11-12-2-1-5-22-10-12)20-23-13-8-14-15(9-17(13)29-20)27-7-6-26-14/h1-5,8-10H,6-7,11H2. The molecule has 3 aromatic heterocycles. The van der Waals surface area contributed by atoms with Crippen molar-refractivity contribution >= 4 is 55.5 Å². The lowest BCUT2D eigenvalue weighted by Crippen LogP contribution is -2.29. The molecule has 1 aromatic carbocycles. The Balaban J connectivity index is 1.57. The molecule has 0 fully saturated rings. The summed E-state index contributed by atoms with van der Waals surface area (Å²) in [6.45, 7) is 1.39. The third-order valence-corrected chi connectivity index (χ3v) is 6.62. The molecule has 0 bridgehead atoms. The minimum absolute atomic E-state index is 0.151. The Morgan fingerprint density at radius 2 is 1.97 bits per heavy atom. The van der Waals surface area contributed by atoms with Gasteiger partial charge < -0.3 is 9.47 Å². The van der Waals surface area contributed by atoms with E-state index >= 15 is 0 Å². The average molecular weight is 444 g/mol. The Bertz CT molecular complexity index is 1150. The highest BCUT2D eigenvalue weighted by atomic mass is 35.5. The van der Waals surface area contributed by atoms with Crippen LogP contribution in [0, 0.1) is 0 Å². The van der Waals surface area contributed by atoms with Crippen LogP contribution in [0.25, 0.3) is 10.2 Å². The molecule has 1 aliphatic rings. The largest absolute Gasteiger partial charge is 0.486 e. The van der Waals surface area contributed by atoms with Crippen LogP contribution >= 0.6 is 34.3 Å². The van der Waals surface area contributed by atoms with E-state index in [-0.39, 0.29) is 5.91 Å². The van der Waals surface area contributed by atoms with E-state index in [2.05, 4.69) is 4.98 Å². The van der Waals surface area contributed by atoms with E-state index in [1.54, 1.807) is 29.4 Å². The zero-order chi connectivity index (χ0) is 19.8. The van der Waals surface area contributed by atoms with Crippen molar-refractivity contribution < 1.29 is 14.3 Å². The van der Waals surface area contributed by atoms with Gasteiger partial charge in [-0.2, -0.15) is 0 Å². The summed E-state index contributed by atoms with van der Waals surface area (Å²) in [6, 6.07) is 11.0. The third-order valence-electron chi connectivity index (χ3n) is 4.36. The number of carbonyl (C=O) groups excluding carboxylic acids is 1. The molecule has 0 unspecified atom stereocenters. The molecule has 4 heterocycles. The number of thiophene rings is 1. The number of hydrogen-bond acceptors (Lipinski definition) is 7. The molecule has 0 saturated heterocycles. The zero-order valence-electron chi connectivity index (χ0n) is 15.0. The smallest absolute Gasteiger partial charge is 0.270 e. The highest BCUT2D eigenvalue weighted by molar-refractivity contribution is 7.22. The second kappa shape index (κ2) is 7.62. The summed E-state index contributed by atoms with van der Waals surface area (Å²) in [6.07, 6.45) is 3.45. The molecule has 0 radical (unpaired) electrons. The maximum absolute atomic E-state index is 13.3. The van der Waals surface area contributed by atoms with Crippen LogP contribution in [0.3, 0.4) is 0 Å². The van der Waals surface area contributed by atoms with Gasteiger partial charge in [0.1, 0.15) is 13.2 Å². The van der Waals surface area contributed by atoms with E-state index < -0.39 is 0 Å². The first-order chi connectivity index (χ1) is 14.2. The quantitative estimate of drug-likeness (QED) is 0.443. The number of anilines is 1. The first kappa shape index (κ1) is 18.4. The number of thiazole rings is 1. The van der Waals surface area contributed by atoms with Gasteiger partial charge in [0, 0.05) is 24.5 Å². The Morgan fingerprint density at radius 3 is 2.69 bits per heavy atom. The van der Waals surface area contributed by atoms with Crippen molar-refractivity contribution in [3.63, 3.8) is 0 Å². The molecule has 5 rings (SSSR count). The molecule has 1 aliphatic heterocycles. The summed E-state index contributed by atoms with van der Waals surface area (Å²) >= 11 is 8.74. The molecule has 146 valence electrons. The van der Waals surface area contributed by atoms with Gasteiger partial charge in [0.2, 0.25) is 0 Å². The van der Waals surface area contributed by atoms with Crippen LogP contribution < -0.4 is 14.4 Å². The highest BCUT2D eigenvalue weighted by Crippen LogP contribution is 2.39. The van der Waals surface area contributed by atoms with Gasteiger partial charge in [0.15, 0.2) is 16.6 Å². The van der Waals surface area contributed by atoms with Crippen LogP contribution in [-0.2, 0) is 6.54 Å². The molecule has 0 spiro atoms. The molecular weight excluding hydrogens is 430 g/mol. The van der Waals surface area contributed by atoms with Gasteiger partial charge in [0.05, 0.1) is 26.0 Å². The van der Waals surface area contributed by atoms with Gasteiger partial charge in [0.25, 0.3) is 5.91 Å². The summed E-state index contributed by atoms with van der Waals surface area (Å²) in [5.41, 5.74) is 1.68. The number of fused-ring (bicyclic) bond motifs is 2. The van der Waals surface area contributed by atoms with E-state index in [0.29, 0.717) is 45.6 Å². The Labute approximate surface area is 179 Å². The maximum Gasteiger partial charge on any atom is 0.270 e. The van der Waals surface area contributed by atoms with Crippen LogP contribution in [0.15, 0.2) is 48.8 Å². The summed E-state index contributed by atoms with van der Waals surface area (Å²) in [4.78, 5) is 24.4. The minimum atomic E-state index is -0.151. The van der Waals surface area contributed by atoms with E-state index in [9.17, 15) is 4.79 Å². The lowest BCUT2D eigenvalue weighted by molar-refractivity contribution is 0.0989. The zero-order valence-corrected chi connectivity index (χ0v) is 17.4. The second-order valence-electron chi connectivity index (χ2n) is 6.32. The Morgan fingerprint density at radius 1 is 1.14 bits per heavy atom. The number of benzene rings is 1. The fourth-order valence-electron chi connectivity index (χ4n) is 3.03. The molecule has 9 heteroatoms. The minimum Gasteiger partial charge on any atom is -0.486 e. The molecule has 1 amide bonds. The predicted octanol–water partition coefficient (Wildman–Crippen LogP) is 5.02. The second-order valence-corrected chi connectivity index (χ2v) is 9.04. The fourth-order valence-corrected chi connectivity index (χ4v) is 5.00. The molecule has 6 nitrogen and oxygen atoms in total. The van der Waals surface area contributed by atoms with Crippen molar-refractivity contribution in [1.29, 1.82) is 0 Å². The van der Waals surface area contributed by atoms with E-state index in [1.807, 2.05) is 24.3 Å². The number of ether oxygens (including phenoxy) is 2. The molecule has 4 aromatic rings. The van der Waals surface area contributed by atoms with Crippen molar-refractivity contribution in [3.8, 4) is 11.5 Å². The van der Waals surface area contributed by atoms with Crippen LogP contribution in [0.2, 0.25) is 4.34 Å². The van der Waals surface area contributed by atoms with Crippen molar-refractivity contribution in [2.24, 2.45) is 0 Å². The Hall–Kier alpha value is -2.68. The first-order valence-corrected chi connectivity index (χ1v) is 10.8. The average Bonchev–Trinajstić information content (AvgIpc) is 3.36. The number of pyridine rings is 1. The molecule has 0 saturated carbocycles. The van der Waals surface area contributed by atoms with E-state index in [0.717, 1.165) is 15.8 Å². The van der Waals surface area contributed by atoms with Gasteiger partial charge in [-0.3, -0.25) is 14.7 Å². The number of rotatable bonds is 4. The summed E-state index contributed by atoms with van der Waals surface area (Å²) < 4.78 is 12.8. The molecule has 0 aliphatic carbocycles. The number of halogens is 1. The monoisotopic (exact) mass is 443 g/mol. The van der Waals surface area contributed by atoms with E-state index in [4.69, 9.17) is 26.1 Å². The fraction of sp³-hybridized carbons (Fsp3) is 0.150. The lowest BCUT2D eigenvalue weighted by Gasteiger charge is -2.19. The third kappa shape index (κ3) is 3.66. The molecule has 0 N–H and O–H groups in total. The topological polar surface area (TPSA) is 64.6 Å². The van der Waals surface area contributed by atoms with Crippen LogP contribution in [-0.4, -0.2) is 29.1 Å². The van der Waals surface area contributed by atoms with Crippen LogP contribution in [0.4, 0.5) is 5.13 Å². The number of hydrogen-bond donors (Lipinski definition) is 0. The van der Waals surface area contributed by atoms with Crippen molar-refractivity contribution in [3.05, 3.63) is 63.6 Å².